The van der Waals surface area contributed by atoms with Crippen LogP contribution in [0.5, 0.6) is 0 Å². The van der Waals surface area contributed by atoms with E-state index in [2.05, 4.69) is 15.5 Å². The van der Waals surface area contributed by atoms with Gasteiger partial charge in [0.05, 0.1) is 5.88 Å². The van der Waals surface area contributed by atoms with Crippen molar-refractivity contribution in [2.45, 2.75) is 24.8 Å². The van der Waals surface area contributed by atoms with Crippen LogP contribution in [0.3, 0.4) is 0 Å². The lowest BCUT2D eigenvalue weighted by Gasteiger charge is -2.49. The number of Topliss-reactive ketones (excluding diaryl/α,β-unsaturated/α-hetero) is 1. The number of aromatic nitrogens is 1. The zero-order valence-electron chi connectivity index (χ0n) is 18.2. The number of hydrogen-bond acceptors (Lipinski definition) is 12. The Labute approximate surface area is 211 Å². The van der Waals surface area contributed by atoms with Gasteiger partial charge in [0.15, 0.2) is 10.8 Å². The van der Waals surface area contributed by atoms with Crippen molar-refractivity contribution in [2.24, 2.45) is 5.16 Å². The Bertz CT molecular complexity index is 1120. The number of esters is 1. The third-order valence-electron chi connectivity index (χ3n) is 4.64. The second-order valence-electron chi connectivity index (χ2n) is 7.19. The average molecular weight is 546 g/mol. The Hall–Kier alpha value is -3.17. The number of fused-ring (bicyclic) bond motifs is 1. The molecule has 1 aromatic heterocycles. The molecule has 0 radical (unpaired) electrons. The van der Waals surface area contributed by atoms with Gasteiger partial charge >= 0.3 is 11.9 Å². The van der Waals surface area contributed by atoms with Gasteiger partial charge in [0, 0.05) is 16.7 Å². The number of nitrogen functional groups attached to an aromatic ring is 1. The molecule has 0 aliphatic carbocycles. The summed E-state index contributed by atoms with van der Waals surface area (Å²) in [6, 6.07) is -1.04. The Morgan fingerprint density at radius 1 is 1.40 bits per heavy atom. The highest BCUT2D eigenvalue weighted by Crippen LogP contribution is 2.40. The van der Waals surface area contributed by atoms with Crippen molar-refractivity contribution in [2.75, 3.05) is 30.6 Å². The molecule has 1 aromatic rings. The molecule has 13 nitrogen and oxygen atoms in total. The van der Waals surface area contributed by atoms with Gasteiger partial charge in [0.2, 0.25) is 0 Å². The molecule has 4 N–H and O–H groups in total. The number of ether oxygens (including phenoxy) is 1. The number of hydrogen-bond donors (Lipinski definition) is 3. The second kappa shape index (κ2) is 11.5. The molecule has 0 aromatic carbocycles. The minimum Gasteiger partial charge on any atom is -0.477 e. The van der Waals surface area contributed by atoms with Crippen LogP contribution in [0.2, 0.25) is 0 Å². The number of oxime groups is 1. The molecular formula is C19H20ClN5O8S2. The maximum absolute atomic E-state index is 12.9. The number of alkyl halides is 1. The lowest BCUT2D eigenvalue weighted by atomic mass is 10.0. The number of nitrogens with two attached hydrogens (primary N) is 1. The molecule has 2 atom stereocenters. The number of anilines is 1. The van der Waals surface area contributed by atoms with Gasteiger partial charge in [-0.15, -0.1) is 34.7 Å². The summed E-state index contributed by atoms with van der Waals surface area (Å²) < 4.78 is 4.98. The Balaban J connectivity index is 1.74. The summed E-state index contributed by atoms with van der Waals surface area (Å²) in [5, 5.41) is 16.9. The third kappa shape index (κ3) is 6.10. The van der Waals surface area contributed by atoms with Crippen LogP contribution in [0.1, 0.15) is 19.0 Å². The number of carboxylic acid groups (broad SMARTS) is 1. The molecule has 0 unspecified atom stereocenters. The van der Waals surface area contributed by atoms with Gasteiger partial charge in [0.25, 0.3) is 11.8 Å². The molecule has 35 heavy (non-hydrogen) atoms. The van der Waals surface area contributed by atoms with Crippen molar-refractivity contribution in [3.8, 4) is 0 Å². The molecule has 0 saturated carbocycles. The van der Waals surface area contributed by atoms with Crippen LogP contribution < -0.4 is 11.1 Å². The molecular weight excluding hydrogens is 526 g/mol. The van der Waals surface area contributed by atoms with E-state index >= 15 is 0 Å². The summed E-state index contributed by atoms with van der Waals surface area (Å²) in [6.45, 7) is 0.869. The first-order chi connectivity index (χ1) is 16.6. The number of carboxylic acids is 1. The SMILES string of the molecule is CC(=O)CC(=O)OCC1=C(C(=O)O)N2C(=O)[C@@H](NC(=O)C(=NOCCCl)c3csc(N)n3)[C@@H]2SC1. The number of carbonyl (C=O) groups is 5. The summed E-state index contributed by atoms with van der Waals surface area (Å²) in [7, 11) is 0. The van der Waals surface area contributed by atoms with Crippen LogP contribution in [0.4, 0.5) is 5.13 Å². The number of β-lactam (4-membered cyclic amide) rings is 1. The van der Waals surface area contributed by atoms with E-state index in [1.165, 1.54) is 24.1 Å². The van der Waals surface area contributed by atoms with E-state index in [0.29, 0.717) is 0 Å². The van der Waals surface area contributed by atoms with E-state index in [1.54, 1.807) is 0 Å². The van der Waals surface area contributed by atoms with Gasteiger partial charge in [-0.05, 0) is 6.92 Å². The summed E-state index contributed by atoms with van der Waals surface area (Å²) in [4.78, 5) is 70.3. The fraction of sp³-hybridized carbons (Fsp3) is 0.421. The second-order valence-corrected chi connectivity index (χ2v) is 9.56. The van der Waals surface area contributed by atoms with E-state index in [9.17, 15) is 29.1 Å². The number of amides is 2. The number of thiazole rings is 1. The van der Waals surface area contributed by atoms with Crippen LogP contribution in [0, 0.1) is 0 Å². The van der Waals surface area contributed by atoms with E-state index in [4.69, 9.17) is 26.9 Å². The van der Waals surface area contributed by atoms with Crippen molar-refractivity contribution in [1.82, 2.24) is 15.2 Å². The Morgan fingerprint density at radius 3 is 2.74 bits per heavy atom. The molecule has 2 aliphatic heterocycles. The average Bonchev–Trinajstić information content (AvgIpc) is 3.23. The molecule has 188 valence electrons. The third-order valence-corrected chi connectivity index (χ3v) is 6.81. The van der Waals surface area contributed by atoms with E-state index in [-0.39, 0.29) is 52.7 Å². The monoisotopic (exact) mass is 545 g/mol. The highest BCUT2D eigenvalue weighted by atomic mass is 35.5. The Kier molecular flexibility index (Phi) is 8.69. The smallest absolute Gasteiger partial charge is 0.352 e. The van der Waals surface area contributed by atoms with Crippen molar-refractivity contribution in [1.29, 1.82) is 0 Å². The van der Waals surface area contributed by atoms with Gasteiger partial charge < -0.3 is 25.7 Å². The Morgan fingerprint density at radius 2 is 2.14 bits per heavy atom. The van der Waals surface area contributed by atoms with E-state index < -0.39 is 47.4 Å². The first kappa shape index (κ1) is 26.4. The summed E-state index contributed by atoms with van der Waals surface area (Å²) in [5.41, 5.74) is 5.42. The predicted octanol–water partition coefficient (Wildman–Crippen LogP) is -0.0543. The number of thioether (sulfide) groups is 1. The van der Waals surface area contributed by atoms with Crippen LogP contribution >= 0.6 is 34.7 Å². The summed E-state index contributed by atoms with van der Waals surface area (Å²) in [6.07, 6.45) is -0.439. The van der Waals surface area contributed by atoms with Crippen molar-refractivity contribution >= 4 is 75.1 Å². The standard InChI is InChI=1S/C19H20ClN5O8S2/c1-8(26)4-11(27)32-5-9-6-34-17-13(16(29)25(17)14(9)18(30)31)23-15(28)12(24-33-3-2-20)10-7-35-19(21)22-10/h7,13,17H,2-6H2,1H3,(H2,21,22)(H,23,28)(H,30,31)/t13-,17+/m1/s1. The van der Waals surface area contributed by atoms with E-state index in [1.807, 2.05) is 0 Å². The highest BCUT2D eigenvalue weighted by molar-refractivity contribution is 8.00. The summed E-state index contributed by atoms with van der Waals surface area (Å²) in [5.74, 6) is -3.77. The van der Waals surface area contributed by atoms with Gasteiger partial charge in [-0.3, -0.25) is 24.1 Å². The lowest BCUT2D eigenvalue weighted by Crippen LogP contribution is -2.71. The molecule has 0 bridgehead atoms. The topological polar surface area (TPSA) is 191 Å². The van der Waals surface area contributed by atoms with E-state index in [0.717, 1.165) is 16.2 Å². The van der Waals surface area contributed by atoms with Crippen LogP contribution in [-0.2, 0) is 33.5 Å². The molecule has 3 rings (SSSR count). The predicted molar refractivity (Wildman–Crippen MR) is 126 cm³/mol. The number of ketones is 1. The molecule has 1 saturated heterocycles. The van der Waals surface area contributed by atoms with Crippen molar-refractivity contribution in [3.63, 3.8) is 0 Å². The fourth-order valence-corrected chi connectivity index (χ4v) is 5.12. The molecule has 2 amide bonds. The van der Waals surface area contributed by atoms with Gasteiger partial charge in [-0.1, -0.05) is 5.16 Å². The largest absolute Gasteiger partial charge is 0.477 e. The maximum atomic E-state index is 12.9. The van der Waals surface area contributed by atoms with Crippen molar-refractivity contribution < 1.29 is 38.7 Å². The molecule has 2 aliphatic rings. The number of rotatable bonds is 11. The van der Waals surface area contributed by atoms with Crippen LogP contribution in [-0.4, -0.2) is 86.5 Å². The zero-order valence-corrected chi connectivity index (χ0v) is 20.6. The molecule has 0 spiro atoms. The zero-order chi connectivity index (χ0) is 25.7. The first-order valence-electron chi connectivity index (χ1n) is 9.97. The van der Waals surface area contributed by atoms with Gasteiger partial charge in [0.1, 0.15) is 48.2 Å². The number of carbonyl (C=O) groups excluding carboxylic acids is 4. The van der Waals surface area contributed by atoms with Crippen LogP contribution in [0.25, 0.3) is 0 Å². The first-order valence-corrected chi connectivity index (χ1v) is 12.4. The van der Waals surface area contributed by atoms with Crippen LogP contribution in [0.15, 0.2) is 21.8 Å². The molecule has 1 fully saturated rings. The fourth-order valence-electron chi connectivity index (χ4n) is 3.17. The lowest BCUT2D eigenvalue weighted by molar-refractivity contribution is -0.150. The minimum atomic E-state index is -1.39. The minimum absolute atomic E-state index is 0.0269. The summed E-state index contributed by atoms with van der Waals surface area (Å²) >= 11 is 7.83. The number of halogens is 1. The normalized spacial score (nSPS) is 19.5. The van der Waals surface area contributed by atoms with Gasteiger partial charge in [-0.25, -0.2) is 9.78 Å². The molecule has 16 heteroatoms. The number of aliphatic carboxylic acids is 1. The number of nitrogens with zero attached hydrogens (tertiary/aromatic N) is 3. The molecule has 3 heterocycles. The number of nitrogens with one attached hydrogen (secondary N) is 1. The maximum Gasteiger partial charge on any atom is 0.352 e. The quantitative estimate of drug-likeness (QED) is 0.0642. The van der Waals surface area contributed by atoms with Crippen molar-refractivity contribution in [3.05, 3.63) is 22.3 Å². The van der Waals surface area contributed by atoms with Gasteiger partial charge in [-0.2, -0.15) is 0 Å². The highest BCUT2D eigenvalue weighted by Gasteiger charge is 2.54.